The van der Waals surface area contributed by atoms with Gasteiger partial charge in [-0.3, -0.25) is 0 Å². The summed E-state index contributed by atoms with van der Waals surface area (Å²) < 4.78 is 6.85. The molecule has 0 aliphatic rings. The summed E-state index contributed by atoms with van der Waals surface area (Å²) >= 11 is 0. The van der Waals surface area contributed by atoms with Crippen molar-refractivity contribution in [3.63, 3.8) is 0 Å². The van der Waals surface area contributed by atoms with Crippen LogP contribution in [0.1, 0.15) is 35.9 Å². The van der Waals surface area contributed by atoms with Gasteiger partial charge in [0, 0.05) is 12.1 Å². The fraction of sp³-hybridized carbons (Fsp3) is 0.286. The van der Waals surface area contributed by atoms with E-state index >= 15 is 0 Å². The van der Waals surface area contributed by atoms with E-state index in [-0.39, 0.29) is 11.7 Å². The lowest BCUT2D eigenvalue weighted by atomic mass is 10.2. The third-order valence-corrected chi connectivity index (χ3v) is 2.66. The van der Waals surface area contributed by atoms with Crippen LogP contribution in [0.4, 0.5) is 5.82 Å². The van der Waals surface area contributed by atoms with Gasteiger partial charge in [0.1, 0.15) is 11.6 Å². The number of ether oxygens (including phenoxy) is 1. The molecule has 0 saturated carbocycles. The van der Waals surface area contributed by atoms with Gasteiger partial charge in [0.25, 0.3) is 0 Å². The number of rotatable bonds is 3. The SMILES string of the molecule is Cc1cccc(OC(=O)c2cc(N)n(C(C)C)n2)c1. The van der Waals surface area contributed by atoms with Gasteiger partial charge in [-0.1, -0.05) is 12.1 Å². The van der Waals surface area contributed by atoms with Crippen LogP contribution in [0.2, 0.25) is 0 Å². The molecule has 19 heavy (non-hydrogen) atoms. The van der Waals surface area contributed by atoms with Crippen LogP contribution in [0, 0.1) is 6.92 Å². The van der Waals surface area contributed by atoms with E-state index in [1.165, 1.54) is 6.07 Å². The summed E-state index contributed by atoms with van der Waals surface area (Å²) in [6.45, 7) is 5.82. The highest BCUT2D eigenvalue weighted by Gasteiger charge is 2.16. The number of aromatic nitrogens is 2. The maximum absolute atomic E-state index is 12.0. The van der Waals surface area contributed by atoms with Crippen molar-refractivity contribution >= 4 is 11.8 Å². The van der Waals surface area contributed by atoms with E-state index in [1.54, 1.807) is 16.8 Å². The van der Waals surface area contributed by atoms with E-state index in [0.717, 1.165) is 5.56 Å². The maximum atomic E-state index is 12.0. The van der Waals surface area contributed by atoms with Crippen LogP contribution in [0.3, 0.4) is 0 Å². The number of hydrogen-bond acceptors (Lipinski definition) is 4. The highest BCUT2D eigenvalue weighted by molar-refractivity contribution is 5.89. The molecular formula is C14H17N3O2. The molecule has 2 rings (SSSR count). The van der Waals surface area contributed by atoms with Crippen molar-refractivity contribution in [1.82, 2.24) is 9.78 Å². The molecule has 1 heterocycles. The monoisotopic (exact) mass is 259 g/mol. The molecule has 0 amide bonds. The van der Waals surface area contributed by atoms with E-state index < -0.39 is 5.97 Å². The Hall–Kier alpha value is -2.30. The third kappa shape index (κ3) is 2.93. The Balaban J connectivity index is 2.18. The summed E-state index contributed by atoms with van der Waals surface area (Å²) in [5, 5.41) is 4.14. The molecule has 5 heteroatoms. The number of benzene rings is 1. The van der Waals surface area contributed by atoms with Crippen molar-refractivity contribution < 1.29 is 9.53 Å². The van der Waals surface area contributed by atoms with Crippen molar-refractivity contribution in [2.24, 2.45) is 0 Å². The zero-order chi connectivity index (χ0) is 14.0. The van der Waals surface area contributed by atoms with Crippen LogP contribution in [0.25, 0.3) is 0 Å². The Kier molecular flexibility index (Phi) is 3.55. The highest BCUT2D eigenvalue weighted by Crippen LogP contribution is 2.17. The van der Waals surface area contributed by atoms with Crippen LogP contribution >= 0.6 is 0 Å². The van der Waals surface area contributed by atoms with E-state index in [2.05, 4.69) is 5.10 Å². The van der Waals surface area contributed by atoms with Crippen LogP contribution in [-0.4, -0.2) is 15.7 Å². The van der Waals surface area contributed by atoms with E-state index in [4.69, 9.17) is 10.5 Å². The average molecular weight is 259 g/mol. The number of nitrogens with zero attached hydrogens (tertiary/aromatic N) is 2. The highest BCUT2D eigenvalue weighted by atomic mass is 16.5. The second-order valence-corrected chi connectivity index (χ2v) is 4.70. The minimum absolute atomic E-state index is 0.0977. The molecular weight excluding hydrogens is 242 g/mol. The summed E-state index contributed by atoms with van der Waals surface area (Å²) in [6.07, 6.45) is 0. The molecule has 0 bridgehead atoms. The minimum Gasteiger partial charge on any atom is -0.422 e. The van der Waals surface area contributed by atoms with Gasteiger partial charge in [-0.25, -0.2) is 9.48 Å². The number of anilines is 1. The van der Waals surface area contributed by atoms with Gasteiger partial charge in [0.15, 0.2) is 5.69 Å². The molecule has 100 valence electrons. The maximum Gasteiger partial charge on any atom is 0.364 e. The Morgan fingerprint density at radius 1 is 1.37 bits per heavy atom. The summed E-state index contributed by atoms with van der Waals surface area (Å²) in [5.74, 6) is 0.450. The molecule has 0 aliphatic carbocycles. The zero-order valence-corrected chi connectivity index (χ0v) is 11.3. The van der Waals surface area contributed by atoms with Gasteiger partial charge in [0.05, 0.1) is 0 Å². The Labute approximate surface area is 112 Å². The Morgan fingerprint density at radius 2 is 2.11 bits per heavy atom. The predicted molar refractivity (Wildman–Crippen MR) is 73.2 cm³/mol. The fourth-order valence-electron chi connectivity index (χ4n) is 1.76. The number of esters is 1. The number of nitrogen functional groups attached to an aromatic ring is 1. The molecule has 0 unspecified atom stereocenters. The molecule has 5 nitrogen and oxygen atoms in total. The summed E-state index contributed by atoms with van der Waals surface area (Å²) in [6, 6.07) is 8.91. The van der Waals surface area contributed by atoms with E-state index in [0.29, 0.717) is 11.6 Å². The van der Waals surface area contributed by atoms with Crippen molar-refractivity contribution in [1.29, 1.82) is 0 Å². The first-order valence-corrected chi connectivity index (χ1v) is 6.11. The number of carbonyl (C=O) groups is 1. The normalized spacial score (nSPS) is 10.7. The van der Waals surface area contributed by atoms with Crippen LogP contribution in [0.15, 0.2) is 30.3 Å². The van der Waals surface area contributed by atoms with Gasteiger partial charge in [-0.2, -0.15) is 5.10 Å². The second-order valence-electron chi connectivity index (χ2n) is 4.70. The molecule has 0 radical (unpaired) electrons. The number of hydrogen-bond donors (Lipinski definition) is 1. The van der Waals surface area contributed by atoms with Crippen LogP contribution < -0.4 is 10.5 Å². The number of aryl methyl sites for hydroxylation is 1. The van der Waals surface area contributed by atoms with Crippen molar-refractivity contribution in [3.8, 4) is 5.75 Å². The third-order valence-electron chi connectivity index (χ3n) is 2.66. The first kappa shape index (κ1) is 13.1. The number of nitrogens with two attached hydrogens (primary N) is 1. The largest absolute Gasteiger partial charge is 0.422 e. The molecule has 0 atom stereocenters. The lowest BCUT2D eigenvalue weighted by Crippen LogP contribution is -2.11. The molecule has 0 fully saturated rings. The Bertz CT molecular complexity index is 602. The van der Waals surface area contributed by atoms with Crippen molar-refractivity contribution in [3.05, 3.63) is 41.6 Å². The van der Waals surface area contributed by atoms with E-state index in [9.17, 15) is 4.79 Å². The second kappa shape index (κ2) is 5.14. The molecule has 1 aromatic carbocycles. The summed E-state index contributed by atoms with van der Waals surface area (Å²) in [5.41, 5.74) is 7.03. The average Bonchev–Trinajstić information content (AvgIpc) is 2.71. The standard InChI is InChI=1S/C14H17N3O2/c1-9(2)17-13(15)8-12(16-17)14(18)19-11-6-4-5-10(3)7-11/h4-9H,15H2,1-3H3. The molecule has 0 aliphatic heterocycles. The van der Waals surface area contributed by atoms with Gasteiger partial charge in [-0.05, 0) is 38.5 Å². The summed E-state index contributed by atoms with van der Waals surface area (Å²) in [4.78, 5) is 12.0. The lowest BCUT2D eigenvalue weighted by Gasteiger charge is -2.06. The van der Waals surface area contributed by atoms with Gasteiger partial charge in [0.2, 0.25) is 0 Å². The van der Waals surface area contributed by atoms with Crippen molar-refractivity contribution in [2.45, 2.75) is 26.8 Å². The molecule has 2 N–H and O–H groups in total. The molecule has 2 aromatic rings. The first-order valence-electron chi connectivity index (χ1n) is 6.11. The minimum atomic E-state index is -0.503. The van der Waals surface area contributed by atoms with Gasteiger partial charge < -0.3 is 10.5 Å². The Morgan fingerprint density at radius 3 is 2.68 bits per heavy atom. The smallest absolute Gasteiger partial charge is 0.364 e. The van der Waals surface area contributed by atoms with Gasteiger partial charge in [-0.15, -0.1) is 0 Å². The van der Waals surface area contributed by atoms with E-state index in [1.807, 2.05) is 32.9 Å². The number of carbonyl (C=O) groups excluding carboxylic acids is 1. The molecule has 0 saturated heterocycles. The summed E-state index contributed by atoms with van der Waals surface area (Å²) in [7, 11) is 0. The van der Waals surface area contributed by atoms with Crippen LogP contribution in [0.5, 0.6) is 5.75 Å². The fourth-order valence-corrected chi connectivity index (χ4v) is 1.76. The van der Waals surface area contributed by atoms with Crippen LogP contribution in [-0.2, 0) is 0 Å². The van der Waals surface area contributed by atoms with Gasteiger partial charge >= 0.3 is 5.97 Å². The lowest BCUT2D eigenvalue weighted by molar-refractivity contribution is 0.0727. The molecule has 1 aromatic heterocycles. The molecule has 0 spiro atoms. The van der Waals surface area contributed by atoms with Crippen molar-refractivity contribution in [2.75, 3.05) is 5.73 Å². The predicted octanol–water partition coefficient (Wildman–Crippen LogP) is 2.57. The topological polar surface area (TPSA) is 70.1 Å². The quantitative estimate of drug-likeness (QED) is 0.679. The zero-order valence-electron chi connectivity index (χ0n) is 11.3. The first-order chi connectivity index (χ1) is 8.97.